The van der Waals surface area contributed by atoms with E-state index in [1.165, 1.54) is 11.3 Å². The predicted octanol–water partition coefficient (Wildman–Crippen LogP) is 3.70. The first-order valence-corrected chi connectivity index (χ1v) is 15.5. The Kier molecular flexibility index (Phi) is 8.98. The molecular formula is C31H35N7O4S. The van der Waals surface area contributed by atoms with E-state index in [1.54, 1.807) is 36.9 Å². The number of hydrogen-bond acceptors (Lipinski definition) is 10. The zero-order valence-electron chi connectivity index (χ0n) is 23.9. The van der Waals surface area contributed by atoms with Gasteiger partial charge in [0.1, 0.15) is 6.61 Å². The minimum absolute atomic E-state index is 0.0210. The molecule has 0 spiro atoms. The summed E-state index contributed by atoms with van der Waals surface area (Å²) in [6.45, 7) is 2.80. The highest BCUT2D eigenvalue weighted by atomic mass is 32.1. The van der Waals surface area contributed by atoms with Gasteiger partial charge in [-0.3, -0.25) is 14.6 Å². The van der Waals surface area contributed by atoms with Crippen LogP contribution >= 0.6 is 11.3 Å². The highest BCUT2D eigenvalue weighted by Crippen LogP contribution is 2.33. The molecule has 4 N–H and O–H groups in total. The number of carbonyl (C=O) groups excluding carboxylic acids is 2. The molecule has 0 bridgehead atoms. The maximum atomic E-state index is 12.9. The number of nitrogens with one attached hydrogen (secondary N) is 3. The molecule has 3 atom stereocenters. The van der Waals surface area contributed by atoms with Crippen LogP contribution in [0, 0.1) is 5.92 Å². The van der Waals surface area contributed by atoms with Crippen molar-refractivity contribution in [2.75, 3.05) is 11.9 Å². The molecule has 2 saturated carbocycles. The second-order valence-corrected chi connectivity index (χ2v) is 12.3. The lowest BCUT2D eigenvalue weighted by atomic mass is 9.79. The first-order chi connectivity index (χ1) is 20.9. The van der Waals surface area contributed by atoms with Gasteiger partial charge in [-0.05, 0) is 68.9 Å². The van der Waals surface area contributed by atoms with Gasteiger partial charge in [0.2, 0.25) is 5.91 Å². The zero-order valence-corrected chi connectivity index (χ0v) is 24.7. The van der Waals surface area contributed by atoms with E-state index < -0.39 is 6.10 Å². The van der Waals surface area contributed by atoms with Crippen molar-refractivity contribution in [3.63, 3.8) is 0 Å². The predicted molar refractivity (Wildman–Crippen MR) is 163 cm³/mol. The van der Waals surface area contributed by atoms with E-state index in [1.807, 2.05) is 25.1 Å². The Hall–Kier alpha value is -3.84. The van der Waals surface area contributed by atoms with Crippen molar-refractivity contribution >= 4 is 38.5 Å². The number of nitrogens with zero attached hydrogens (tertiary/aromatic N) is 4. The van der Waals surface area contributed by atoms with Crippen LogP contribution in [0.25, 0.3) is 21.3 Å². The van der Waals surface area contributed by atoms with Crippen LogP contribution < -0.4 is 16.0 Å². The van der Waals surface area contributed by atoms with Gasteiger partial charge in [-0.25, -0.2) is 15.0 Å². The van der Waals surface area contributed by atoms with E-state index >= 15 is 0 Å². The summed E-state index contributed by atoms with van der Waals surface area (Å²) in [5.41, 5.74) is 3.25. The summed E-state index contributed by atoms with van der Waals surface area (Å²) in [5.74, 6) is 0.364. The summed E-state index contributed by atoms with van der Waals surface area (Å²) in [6.07, 6.45) is 10.3. The Bertz CT molecular complexity index is 1560. The van der Waals surface area contributed by atoms with Gasteiger partial charge >= 0.3 is 0 Å². The second kappa shape index (κ2) is 13.2. The topological polar surface area (TPSA) is 151 Å². The number of aliphatic hydroxyl groups is 1. The molecule has 11 nitrogen and oxygen atoms in total. The molecule has 43 heavy (non-hydrogen) atoms. The molecule has 3 heterocycles. The third-order valence-corrected chi connectivity index (χ3v) is 8.98. The molecule has 0 radical (unpaired) electrons. The molecular weight excluding hydrogens is 566 g/mol. The largest absolute Gasteiger partial charge is 0.390 e. The highest BCUT2D eigenvalue weighted by Gasteiger charge is 2.35. The minimum Gasteiger partial charge on any atom is -0.390 e. The molecule has 4 aromatic rings. The van der Waals surface area contributed by atoms with E-state index in [2.05, 4.69) is 35.9 Å². The molecule has 3 aromatic heterocycles. The van der Waals surface area contributed by atoms with Crippen molar-refractivity contribution < 1.29 is 19.4 Å². The Morgan fingerprint density at radius 3 is 2.63 bits per heavy atom. The first kappa shape index (κ1) is 29.2. The van der Waals surface area contributed by atoms with Gasteiger partial charge in [0.15, 0.2) is 11.0 Å². The number of carbonyl (C=O) groups is 2. The number of rotatable bonds is 11. The molecule has 0 aliphatic heterocycles. The number of thiazole rings is 1. The Morgan fingerprint density at radius 1 is 1.09 bits per heavy atom. The lowest BCUT2D eigenvalue weighted by Crippen LogP contribution is -2.51. The van der Waals surface area contributed by atoms with Crippen molar-refractivity contribution in [3.05, 3.63) is 66.5 Å². The third kappa shape index (κ3) is 7.21. The van der Waals surface area contributed by atoms with E-state index in [0.29, 0.717) is 23.1 Å². The van der Waals surface area contributed by atoms with Crippen LogP contribution in [0.15, 0.2) is 55.1 Å². The summed E-state index contributed by atoms with van der Waals surface area (Å²) in [5, 5.41) is 19.9. The van der Waals surface area contributed by atoms with Gasteiger partial charge in [-0.15, -0.1) is 0 Å². The average Bonchev–Trinajstić information content (AvgIpc) is 3.61. The molecule has 6 rings (SSSR count). The van der Waals surface area contributed by atoms with Crippen LogP contribution in [0.4, 0.5) is 5.13 Å². The standard InChI is InChI=1S/C31H35N7O4S/c1-18(14-35-29(40)19-7-9-32-10-8-19)36-23-11-21(12-23)30(41)38-31-37-24-6-5-20(13-27(24)43-31)22-15-33-28(34-16-22)17-42-26-4-2-3-25(26)39/h5-10,13,15-16,18,21,23,25-26,36,39H,2-4,11-12,14,17H2,1H3,(H,35,40)(H,37,38,41)/t18-,21-,23+,25-,26-/m0/s1. The number of aromatic nitrogens is 4. The van der Waals surface area contributed by atoms with Gasteiger partial charge < -0.3 is 25.8 Å². The monoisotopic (exact) mass is 601 g/mol. The van der Waals surface area contributed by atoms with Gasteiger partial charge in [-0.1, -0.05) is 17.4 Å². The molecule has 1 aromatic carbocycles. The van der Waals surface area contributed by atoms with E-state index in [9.17, 15) is 14.7 Å². The van der Waals surface area contributed by atoms with Gasteiger partial charge in [0.25, 0.3) is 5.91 Å². The number of ether oxygens (including phenoxy) is 1. The van der Waals surface area contributed by atoms with Crippen molar-refractivity contribution in [3.8, 4) is 11.1 Å². The normalized spacial score (nSPS) is 22.2. The van der Waals surface area contributed by atoms with E-state index in [0.717, 1.165) is 53.4 Å². The van der Waals surface area contributed by atoms with Crippen molar-refractivity contribution in [2.24, 2.45) is 5.92 Å². The van der Waals surface area contributed by atoms with Crippen LogP contribution in [0.1, 0.15) is 55.2 Å². The van der Waals surface area contributed by atoms with Crippen molar-refractivity contribution in [2.45, 2.75) is 69.9 Å². The van der Waals surface area contributed by atoms with Crippen LogP contribution in [0.2, 0.25) is 0 Å². The number of amides is 2. The summed E-state index contributed by atoms with van der Waals surface area (Å²) in [6, 6.07) is 9.62. The van der Waals surface area contributed by atoms with E-state index in [-0.39, 0.29) is 42.5 Å². The summed E-state index contributed by atoms with van der Waals surface area (Å²) in [4.78, 5) is 42.5. The molecule has 12 heteroatoms. The fraction of sp³-hybridized carbons (Fsp3) is 0.419. The van der Waals surface area contributed by atoms with Crippen LogP contribution in [-0.2, 0) is 16.1 Å². The molecule has 2 aliphatic carbocycles. The summed E-state index contributed by atoms with van der Waals surface area (Å²) in [7, 11) is 0. The van der Waals surface area contributed by atoms with Crippen molar-refractivity contribution in [1.82, 2.24) is 30.6 Å². The van der Waals surface area contributed by atoms with Gasteiger partial charge in [0, 0.05) is 60.5 Å². The number of hydrogen-bond donors (Lipinski definition) is 4. The number of fused-ring (bicyclic) bond motifs is 1. The van der Waals surface area contributed by atoms with Crippen LogP contribution in [0.5, 0.6) is 0 Å². The molecule has 2 amide bonds. The summed E-state index contributed by atoms with van der Waals surface area (Å²) >= 11 is 1.44. The number of pyridine rings is 1. The molecule has 0 unspecified atom stereocenters. The lowest BCUT2D eigenvalue weighted by molar-refractivity contribution is -0.123. The highest BCUT2D eigenvalue weighted by molar-refractivity contribution is 7.22. The molecule has 2 fully saturated rings. The third-order valence-electron chi connectivity index (χ3n) is 8.04. The maximum absolute atomic E-state index is 12.9. The Morgan fingerprint density at radius 2 is 1.88 bits per heavy atom. The van der Waals surface area contributed by atoms with Crippen LogP contribution in [-0.4, -0.2) is 67.7 Å². The molecule has 0 saturated heterocycles. The van der Waals surface area contributed by atoms with E-state index in [4.69, 9.17) is 4.74 Å². The molecule has 2 aliphatic rings. The number of aliphatic hydroxyl groups excluding tert-OH is 1. The first-order valence-electron chi connectivity index (χ1n) is 14.7. The SMILES string of the molecule is C[C@@H](CNC(=O)c1ccncc1)N[C@H]1C[C@@H](C(=O)Nc2nc3ccc(-c4cnc(CO[C@H]5CCC[C@@H]5O)nc4)cc3s2)C1. The zero-order chi connectivity index (χ0) is 29.8. The van der Waals surface area contributed by atoms with Crippen LogP contribution in [0.3, 0.4) is 0 Å². The minimum atomic E-state index is -0.401. The summed E-state index contributed by atoms with van der Waals surface area (Å²) < 4.78 is 6.75. The quantitative estimate of drug-likeness (QED) is 0.202. The number of anilines is 1. The lowest BCUT2D eigenvalue weighted by Gasteiger charge is -2.36. The van der Waals surface area contributed by atoms with Gasteiger partial charge in [-0.2, -0.15) is 0 Å². The Balaban J connectivity index is 0.961. The Labute approximate surface area is 253 Å². The number of benzene rings is 1. The second-order valence-electron chi connectivity index (χ2n) is 11.3. The smallest absolute Gasteiger partial charge is 0.251 e. The van der Waals surface area contributed by atoms with Crippen molar-refractivity contribution in [1.29, 1.82) is 0 Å². The van der Waals surface area contributed by atoms with Gasteiger partial charge in [0.05, 0.1) is 22.4 Å². The average molecular weight is 602 g/mol. The maximum Gasteiger partial charge on any atom is 0.251 e. The fourth-order valence-electron chi connectivity index (χ4n) is 5.51. The molecule has 224 valence electrons. The fourth-order valence-corrected chi connectivity index (χ4v) is 6.41.